The molecule has 0 unspecified atom stereocenters. The van der Waals surface area contributed by atoms with Gasteiger partial charge in [0.25, 0.3) is 0 Å². The zero-order valence-electron chi connectivity index (χ0n) is 15.3. The third-order valence-corrected chi connectivity index (χ3v) is 4.91. The number of pyridine rings is 1. The van der Waals surface area contributed by atoms with Crippen LogP contribution in [0.4, 0.5) is 4.39 Å². The molecule has 1 aliphatic rings. The van der Waals surface area contributed by atoms with E-state index in [1.54, 1.807) is 12.3 Å². The van der Waals surface area contributed by atoms with E-state index < -0.39 is 0 Å². The molecule has 1 aromatic carbocycles. The molecule has 1 aromatic heterocycles. The van der Waals surface area contributed by atoms with Gasteiger partial charge >= 0.3 is 0 Å². The van der Waals surface area contributed by atoms with E-state index in [-0.39, 0.29) is 35.2 Å². The van der Waals surface area contributed by atoms with Crippen LogP contribution < -0.4 is 10.6 Å². The fourth-order valence-electron chi connectivity index (χ4n) is 2.94. The second-order valence-corrected chi connectivity index (χ2v) is 7.04. The Morgan fingerprint density at radius 3 is 2.52 bits per heavy atom. The van der Waals surface area contributed by atoms with Gasteiger partial charge < -0.3 is 10.6 Å². The minimum absolute atomic E-state index is 0. The standard InChI is InChI=1S/C20H24ClFN4.HI/c1-2-23-19(24-12-9-15-3-8-18(21)25-13-15)26-14-20(10-11-20)16-4-6-17(22)7-5-16;/h3-8,13H,2,9-12,14H2,1H3,(H2,23,24,26);1H. The number of nitrogens with zero attached hydrogens (tertiary/aromatic N) is 2. The van der Waals surface area contributed by atoms with Crippen molar-refractivity contribution in [2.45, 2.75) is 31.6 Å². The number of hydrogen-bond acceptors (Lipinski definition) is 2. The first kappa shape index (κ1) is 21.9. The molecule has 0 amide bonds. The number of nitrogens with one attached hydrogen (secondary N) is 2. The van der Waals surface area contributed by atoms with Crippen LogP contribution in [0, 0.1) is 5.82 Å². The Morgan fingerprint density at radius 1 is 1.19 bits per heavy atom. The van der Waals surface area contributed by atoms with Crippen LogP contribution in [0.25, 0.3) is 0 Å². The molecule has 0 bridgehead atoms. The van der Waals surface area contributed by atoms with Crippen LogP contribution in [-0.2, 0) is 11.8 Å². The lowest BCUT2D eigenvalue weighted by molar-refractivity contribution is 0.623. The van der Waals surface area contributed by atoms with Crippen LogP contribution in [0.15, 0.2) is 47.6 Å². The first-order valence-electron chi connectivity index (χ1n) is 9.00. The quantitative estimate of drug-likeness (QED) is 0.257. The highest BCUT2D eigenvalue weighted by Gasteiger charge is 2.44. The summed E-state index contributed by atoms with van der Waals surface area (Å²) in [7, 11) is 0. The molecule has 2 N–H and O–H groups in total. The molecule has 1 aliphatic carbocycles. The van der Waals surface area contributed by atoms with Crippen LogP contribution in [0.1, 0.15) is 30.9 Å². The van der Waals surface area contributed by atoms with Crippen LogP contribution in [-0.4, -0.2) is 30.6 Å². The number of guanidine groups is 1. The predicted molar refractivity (Wildman–Crippen MR) is 120 cm³/mol. The van der Waals surface area contributed by atoms with Gasteiger partial charge in [0.05, 0.1) is 6.54 Å². The molecule has 0 atom stereocenters. The molecule has 0 radical (unpaired) electrons. The van der Waals surface area contributed by atoms with Gasteiger partial charge in [-0.05, 0) is 55.5 Å². The number of halogens is 3. The summed E-state index contributed by atoms with van der Waals surface area (Å²) in [6.07, 6.45) is 4.83. The Balaban J connectivity index is 0.00000261. The topological polar surface area (TPSA) is 49.3 Å². The Labute approximate surface area is 182 Å². The largest absolute Gasteiger partial charge is 0.357 e. The Bertz CT molecular complexity index is 746. The number of benzene rings is 1. The zero-order valence-corrected chi connectivity index (χ0v) is 18.4. The Hall–Kier alpha value is -1.41. The molecule has 7 heteroatoms. The summed E-state index contributed by atoms with van der Waals surface area (Å²) in [4.78, 5) is 8.85. The average molecular weight is 503 g/mol. The van der Waals surface area contributed by atoms with E-state index in [4.69, 9.17) is 16.6 Å². The average Bonchev–Trinajstić information content (AvgIpc) is 3.43. The lowest BCUT2D eigenvalue weighted by atomic mass is 9.96. The van der Waals surface area contributed by atoms with Crippen molar-refractivity contribution in [3.8, 4) is 0 Å². The molecule has 0 aliphatic heterocycles. The monoisotopic (exact) mass is 502 g/mol. The maximum absolute atomic E-state index is 13.2. The second kappa shape index (κ2) is 10.2. The van der Waals surface area contributed by atoms with E-state index in [1.165, 1.54) is 17.7 Å². The van der Waals surface area contributed by atoms with Gasteiger partial charge in [-0.2, -0.15) is 0 Å². The van der Waals surface area contributed by atoms with E-state index in [2.05, 4.69) is 15.6 Å². The summed E-state index contributed by atoms with van der Waals surface area (Å²) >= 11 is 5.81. The molecule has 0 saturated heterocycles. The van der Waals surface area contributed by atoms with E-state index in [0.717, 1.165) is 43.9 Å². The number of aliphatic imine (C=N–C) groups is 1. The number of hydrogen-bond donors (Lipinski definition) is 2. The van der Waals surface area contributed by atoms with E-state index >= 15 is 0 Å². The lowest BCUT2D eigenvalue weighted by Gasteiger charge is -2.16. The molecule has 3 rings (SSSR count). The van der Waals surface area contributed by atoms with Gasteiger partial charge in [-0.1, -0.05) is 29.8 Å². The first-order valence-corrected chi connectivity index (χ1v) is 9.38. The van der Waals surface area contributed by atoms with Crippen LogP contribution in [0.5, 0.6) is 0 Å². The van der Waals surface area contributed by atoms with Crippen molar-refractivity contribution in [2.75, 3.05) is 19.6 Å². The molecular weight excluding hydrogens is 478 g/mol. The zero-order chi connectivity index (χ0) is 18.4. The maximum atomic E-state index is 13.2. The van der Waals surface area contributed by atoms with Gasteiger partial charge in [0.1, 0.15) is 11.0 Å². The summed E-state index contributed by atoms with van der Waals surface area (Å²) in [6.45, 7) is 4.32. The Morgan fingerprint density at radius 2 is 1.93 bits per heavy atom. The van der Waals surface area contributed by atoms with Crippen LogP contribution >= 0.6 is 35.6 Å². The van der Waals surface area contributed by atoms with Crippen molar-refractivity contribution < 1.29 is 4.39 Å². The van der Waals surface area contributed by atoms with Crippen LogP contribution in [0.2, 0.25) is 5.15 Å². The van der Waals surface area contributed by atoms with Crippen molar-refractivity contribution in [1.29, 1.82) is 0 Å². The molecule has 0 spiro atoms. The summed E-state index contributed by atoms with van der Waals surface area (Å²) in [5.74, 6) is 0.613. The molecule has 4 nitrogen and oxygen atoms in total. The highest BCUT2D eigenvalue weighted by Crippen LogP contribution is 2.48. The molecule has 27 heavy (non-hydrogen) atoms. The molecule has 146 valence electrons. The Kier molecular flexibility index (Phi) is 8.28. The molecular formula is C20H25ClFIN4. The lowest BCUT2D eigenvalue weighted by Crippen LogP contribution is -2.39. The van der Waals surface area contributed by atoms with Gasteiger partial charge in [-0.3, -0.25) is 4.99 Å². The molecule has 1 saturated carbocycles. The van der Waals surface area contributed by atoms with Crippen LogP contribution in [0.3, 0.4) is 0 Å². The van der Waals surface area contributed by atoms with Crippen molar-refractivity contribution in [3.63, 3.8) is 0 Å². The number of aromatic nitrogens is 1. The fraction of sp³-hybridized carbons (Fsp3) is 0.400. The molecule has 1 fully saturated rings. The summed E-state index contributed by atoms with van der Waals surface area (Å²) in [5, 5.41) is 7.15. The highest BCUT2D eigenvalue weighted by molar-refractivity contribution is 14.0. The summed E-state index contributed by atoms with van der Waals surface area (Å²) in [5.41, 5.74) is 2.37. The van der Waals surface area contributed by atoms with Gasteiger partial charge in [0.2, 0.25) is 0 Å². The highest BCUT2D eigenvalue weighted by atomic mass is 127. The molecule has 2 aromatic rings. The fourth-order valence-corrected chi connectivity index (χ4v) is 3.06. The minimum Gasteiger partial charge on any atom is -0.357 e. The predicted octanol–water partition coefficient (Wildman–Crippen LogP) is 4.32. The van der Waals surface area contributed by atoms with Gasteiger partial charge in [-0.15, -0.1) is 24.0 Å². The van der Waals surface area contributed by atoms with Crippen molar-refractivity contribution in [1.82, 2.24) is 15.6 Å². The SMILES string of the molecule is CCNC(=NCC1(c2ccc(F)cc2)CC1)NCCc1ccc(Cl)nc1.I. The second-order valence-electron chi connectivity index (χ2n) is 6.65. The van der Waals surface area contributed by atoms with Crippen molar-refractivity contribution in [2.24, 2.45) is 4.99 Å². The van der Waals surface area contributed by atoms with E-state index in [0.29, 0.717) is 11.7 Å². The third-order valence-electron chi connectivity index (χ3n) is 4.69. The van der Waals surface area contributed by atoms with E-state index in [9.17, 15) is 4.39 Å². The normalized spacial score (nSPS) is 15.0. The number of rotatable bonds is 7. The molecule has 1 heterocycles. The summed E-state index contributed by atoms with van der Waals surface area (Å²) < 4.78 is 13.2. The first-order chi connectivity index (χ1) is 12.6. The van der Waals surface area contributed by atoms with E-state index in [1.807, 2.05) is 25.1 Å². The van der Waals surface area contributed by atoms with Crippen molar-refractivity contribution in [3.05, 3.63) is 64.7 Å². The smallest absolute Gasteiger partial charge is 0.191 e. The van der Waals surface area contributed by atoms with Gasteiger partial charge in [0.15, 0.2) is 5.96 Å². The van der Waals surface area contributed by atoms with Crippen molar-refractivity contribution >= 4 is 41.5 Å². The summed E-state index contributed by atoms with van der Waals surface area (Å²) in [6, 6.07) is 10.6. The van der Waals surface area contributed by atoms with Gasteiger partial charge in [0, 0.05) is 24.7 Å². The maximum Gasteiger partial charge on any atom is 0.191 e. The minimum atomic E-state index is -0.195. The third kappa shape index (κ3) is 6.31. The van der Waals surface area contributed by atoms with Gasteiger partial charge in [-0.25, -0.2) is 9.37 Å².